The van der Waals surface area contributed by atoms with Crippen LogP contribution in [0, 0.1) is 13.8 Å². The predicted octanol–water partition coefficient (Wildman–Crippen LogP) is 1.78. The van der Waals surface area contributed by atoms with Crippen LogP contribution in [0.2, 0.25) is 0 Å². The predicted molar refractivity (Wildman–Crippen MR) is 66.1 cm³/mol. The number of rotatable bonds is 3. The molecule has 2 rings (SSSR count). The Balaban J connectivity index is 2.44. The van der Waals surface area contributed by atoms with Crippen LogP contribution in [-0.2, 0) is 11.2 Å². The first-order chi connectivity index (χ1) is 8.54. The summed E-state index contributed by atoms with van der Waals surface area (Å²) in [7, 11) is 0. The Morgan fingerprint density at radius 1 is 1.22 bits per heavy atom. The van der Waals surface area contributed by atoms with Crippen molar-refractivity contribution in [1.82, 2.24) is 15.0 Å². The summed E-state index contributed by atoms with van der Waals surface area (Å²) >= 11 is 0. The minimum atomic E-state index is -0.948. The third-order valence-corrected chi connectivity index (χ3v) is 2.38. The van der Waals surface area contributed by atoms with Gasteiger partial charge >= 0.3 is 5.97 Å². The van der Waals surface area contributed by atoms with Crippen LogP contribution in [0.5, 0.6) is 0 Å². The number of hydrogen-bond donors (Lipinski definition) is 1. The summed E-state index contributed by atoms with van der Waals surface area (Å²) in [5.74, 6) is 0.377. The molecule has 0 atom stereocenters. The molecular formula is C13H13N3O2. The van der Waals surface area contributed by atoms with E-state index < -0.39 is 5.97 Å². The maximum absolute atomic E-state index is 10.7. The van der Waals surface area contributed by atoms with Gasteiger partial charge in [-0.05, 0) is 19.9 Å². The molecule has 0 spiro atoms. The second kappa shape index (κ2) is 4.91. The van der Waals surface area contributed by atoms with E-state index in [1.807, 2.05) is 31.2 Å². The highest BCUT2D eigenvalue weighted by Crippen LogP contribution is 2.16. The first-order valence-corrected chi connectivity index (χ1v) is 5.55. The molecule has 1 N–H and O–H groups in total. The van der Waals surface area contributed by atoms with Crippen molar-refractivity contribution in [3.05, 3.63) is 41.5 Å². The van der Waals surface area contributed by atoms with Crippen LogP contribution in [0.15, 0.2) is 24.3 Å². The van der Waals surface area contributed by atoms with Crippen LogP contribution >= 0.6 is 0 Å². The lowest BCUT2D eigenvalue weighted by Gasteiger charge is -2.04. The Labute approximate surface area is 105 Å². The number of hydrogen-bond acceptors (Lipinski definition) is 4. The van der Waals surface area contributed by atoms with Crippen molar-refractivity contribution in [3.8, 4) is 11.4 Å². The first-order valence-electron chi connectivity index (χ1n) is 5.55. The first kappa shape index (κ1) is 12.2. The molecule has 0 radical (unpaired) electrons. The maximum atomic E-state index is 10.7. The van der Waals surface area contributed by atoms with Gasteiger partial charge in [0.1, 0.15) is 18.1 Å². The van der Waals surface area contributed by atoms with E-state index in [9.17, 15) is 4.79 Å². The molecule has 1 aromatic carbocycles. The standard InChI is InChI=1S/C13H13N3O2/c1-8-4-3-5-10(6-8)13-15-9(2)14-11(16-13)7-12(17)18/h3-6H,7H2,1-2H3,(H,17,18). The van der Waals surface area contributed by atoms with Gasteiger partial charge in [0.2, 0.25) is 0 Å². The molecule has 0 fully saturated rings. The van der Waals surface area contributed by atoms with Crippen LogP contribution in [-0.4, -0.2) is 26.0 Å². The van der Waals surface area contributed by atoms with Gasteiger partial charge in [-0.15, -0.1) is 0 Å². The van der Waals surface area contributed by atoms with Crippen molar-refractivity contribution < 1.29 is 9.90 Å². The van der Waals surface area contributed by atoms with Crippen molar-refractivity contribution >= 4 is 5.97 Å². The van der Waals surface area contributed by atoms with Crippen molar-refractivity contribution in [2.24, 2.45) is 0 Å². The number of carboxylic acids is 1. The quantitative estimate of drug-likeness (QED) is 0.889. The van der Waals surface area contributed by atoms with Gasteiger partial charge < -0.3 is 5.11 Å². The fraction of sp³-hybridized carbons (Fsp3) is 0.231. The summed E-state index contributed by atoms with van der Waals surface area (Å²) in [6.07, 6.45) is -0.192. The number of benzene rings is 1. The summed E-state index contributed by atoms with van der Waals surface area (Å²) in [6.45, 7) is 3.71. The van der Waals surface area contributed by atoms with E-state index >= 15 is 0 Å². The average Bonchev–Trinajstić information content (AvgIpc) is 2.27. The second-order valence-corrected chi connectivity index (χ2v) is 4.06. The highest BCUT2D eigenvalue weighted by molar-refractivity contribution is 5.69. The van der Waals surface area contributed by atoms with E-state index in [4.69, 9.17) is 5.11 Å². The molecule has 1 aromatic heterocycles. The zero-order valence-corrected chi connectivity index (χ0v) is 10.2. The molecule has 0 aliphatic heterocycles. The number of aryl methyl sites for hydroxylation is 2. The van der Waals surface area contributed by atoms with Gasteiger partial charge in [0.05, 0.1) is 0 Å². The van der Waals surface area contributed by atoms with Gasteiger partial charge in [0.15, 0.2) is 5.82 Å². The molecule has 5 nitrogen and oxygen atoms in total. The Hall–Kier alpha value is -2.30. The molecular weight excluding hydrogens is 230 g/mol. The minimum absolute atomic E-state index is 0.192. The maximum Gasteiger partial charge on any atom is 0.311 e. The summed E-state index contributed by atoms with van der Waals surface area (Å²) < 4.78 is 0. The number of nitrogens with zero attached hydrogens (tertiary/aromatic N) is 3. The molecule has 0 saturated heterocycles. The zero-order chi connectivity index (χ0) is 13.1. The number of carboxylic acid groups (broad SMARTS) is 1. The Morgan fingerprint density at radius 2 is 2.00 bits per heavy atom. The normalized spacial score (nSPS) is 10.3. The van der Waals surface area contributed by atoms with Crippen LogP contribution in [0.25, 0.3) is 11.4 Å². The molecule has 0 saturated carbocycles. The fourth-order valence-electron chi connectivity index (χ4n) is 1.66. The van der Waals surface area contributed by atoms with E-state index in [1.165, 1.54) is 0 Å². The highest BCUT2D eigenvalue weighted by atomic mass is 16.4. The lowest BCUT2D eigenvalue weighted by molar-refractivity contribution is -0.136. The summed E-state index contributed by atoms with van der Waals surface area (Å²) in [5.41, 5.74) is 1.97. The molecule has 1 heterocycles. The Morgan fingerprint density at radius 3 is 2.67 bits per heavy atom. The second-order valence-electron chi connectivity index (χ2n) is 4.06. The molecule has 0 unspecified atom stereocenters. The molecule has 0 bridgehead atoms. The van der Waals surface area contributed by atoms with E-state index in [0.29, 0.717) is 11.6 Å². The van der Waals surface area contributed by atoms with Gasteiger partial charge in [-0.25, -0.2) is 15.0 Å². The van der Waals surface area contributed by atoms with E-state index in [-0.39, 0.29) is 12.2 Å². The van der Waals surface area contributed by atoms with Crippen molar-refractivity contribution in [1.29, 1.82) is 0 Å². The van der Waals surface area contributed by atoms with Gasteiger partial charge in [-0.1, -0.05) is 23.8 Å². The largest absolute Gasteiger partial charge is 0.481 e. The summed E-state index contributed by atoms with van der Waals surface area (Å²) in [5, 5.41) is 8.76. The smallest absolute Gasteiger partial charge is 0.311 e. The Kier molecular flexibility index (Phi) is 3.32. The zero-order valence-electron chi connectivity index (χ0n) is 10.2. The highest BCUT2D eigenvalue weighted by Gasteiger charge is 2.09. The van der Waals surface area contributed by atoms with E-state index in [2.05, 4.69) is 15.0 Å². The summed E-state index contributed by atoms with van der Waals surface area (Å²) in [4.78, 5) is 23.1. The van der Waals surface area contributed by atoms with Crippen molar-refractivity contribution in [3.63, 3.8) is 0 Å². The van der Waals surface area contributed by atoms with Gasteiger partial charge in [0, 0.05) is 5.56 Å². The average molecular weight is 243 g/mol. The van der Waals surface area contributed by atoms with E-state index in [1.54, 1.807) is 6.92 Å². The molecule has 0 aliphatic carbocycles. The van der Waals surface area contributed by atoms with Gasteiger partial charge in [-0.2, -0.15) is 0 Å². The van der Waals surface area contributed by atoms with Gasteiger partial charge in [-0.3, -0.25) is 4.79 Å². The molecule has 0 aliphatic rings. The molecule has 5 heteroatoms. The van der Waals surface area contributed by atoms with Gasteiger partial charge in [0.25, 0.3) is 0 Å². The number of carbonyl (C=O) groups is 1. The lowest BCUT2D eigenvalue weighted by atomic mass is 10.1. The Bertz CT molecular complexity index is 597. The van der Waals surface area contributed by atoms with Crippen molar-refractivity contribution in [2.75, 3.05) is 0 Å². The lowest BCUT2D eigenvalue weighted by Crippen LogP contribution is -2.08. The van der Waals surface area contributed by atoms with Crippen molar-refractivity contribution in [2.45, 2.75) is 20.3 Å². The molecule has 18 heavy (non-hydrogen) atoms. The third-order valence-electron chi connectivity index (χ3n) is 2.38. The minimum Gasteiger partial charge on any atom is -0.481 e. The molecule has 2 aromatic rings. The molecule has 92 valence electrons. The molecule has 0 amide bonds. The summed E-state index contributed by atoms with van der Waals surface area (Å²) in [6, 6.07) is 7.75. The number of aliphatic carboxylic acids is 1. The van der Waals surface area contributed by atoms with Crippen LogP contribution < -0.4 is 0 Å². The topological polar surface area (TPSA) is 76.0 Å². The third kappa shape index (κ3) is 2.88. The van der Waals surface area contributed by atoms with Crippen LogP contribution in [0.3, 0.4) is 0 Å². The SMILES string of the molecule is Cc1cccc(-c2nc(C)nc(CC(=O)O)n2)c1. The van der Waals surface area contributed by atoms with E-state index in [0.717, 1.165) is 11.1 Å². The van der Waals surface area contributed by atoms with Crippen LogP contribution in [0.1, 0.15) is 17.2 Å². The number of aromatic nitrogens is 3. The fourth-order valence-corrected chi connectivity index (χ4v) is 1.66. The van der Waals surface area contributed by atoms with Crippen LogP contribution in [0.4, 0.5) is 0 Å². The monoisotopic (exact) mass is 243 g/mol.